The number of hydrogen-bond acceptors (Lipinski definition) is 7. The van der Waals surface area contributed by atoms with Gasteiger partial charge in [0, 0.05) is 51.3 Å². The van der Waals surface area contributed by atoms with Crippen LogP contribution in [-0.4, -0.2) is 82.8 Å². The molecule has 33 heavy (non-hydrogen) atoms. The number of rotatable bonds is 5. The Kier molecular flexibility index (Phi) is 6.54. The van der Waals surface area contributed by atoms with Crippen LogP contribution in [0.4, 0.5) is 0 Å². The van der Waals surface area contributed by atoms with E-state index < -0.39 is 17.6 Å². The first-order valence-corrected chi connectivity index (χ1v) is 11.5. The quantitative estimate of drug-likeness (QED) is 0.519. The monoisotopic (exact) mass is 456 g/mol. The maximum Gasteiger partial charge on any atom is 0.320 e. The third-order valence-corrected chi connectivity index (χ3v) is 6.31. The van der Waals surface area contributed by atoms with E-state index in [1.165, 1.54) is 0 Å². The molecule has 1 N–H and O–H groups in total. The van der Waals surface area contributed by atoms with Crippen molar-refractivity contribution in [3.8, 4) is 0 Å². The number of piperazine rings is 1. The highest BCUT2D eigenvalue weighted by Gasteiger charge is 2.39. The first-order valence-electron chi connectivity index (χ1n) is 11.5. The van der Waals surface area contributed by atoms with Crippen molar-refractivity contribution in [3.05, 3.63) is 34.9 Å². The lowest BCUT2D eigenvalue weighted by molar-refractivity contribution is -0.156. The van der Waals surface area contributed by atoms with Crippen LogP contribution in [0.1, 0.15) is 55.1 Å². The largest absolute Gasteiger partial charge is 0.459 e. The maximum atomic E-state index is 13.0. The highest BCUT2D eigenvalue weighted by molar-refractivity contribution is 6.05. The second-order valence-corrected chi connectivity index (χ2v) is 9.98. The van der Waals surface area contributed by atoms with Crippen molar-refractivity contribution in [1.82, 2.24) is 20.0 Å². The van der Waals surface area contributed by atoms with Gasteiger partial charge in [-0.1, -0.05) is 12.1 Å². The normalized spacial score (nSPS) is 22.3. The zero-order chi connectivity index (χ0) is 23.8. The summed E-state index contributed by atoms with van der Waals surface area (Å²) in [5.74, 6) is -1.03. The Balaban J connectivity index is 1.36. The summed E-state index contributed by atoms with van der Waals surface area (Å²) in [4.78, 5) is 54.9. The molecule has 0 bridgehead atoms. The van der Waals surface area contributed by atoms with E-state index >= 15 is 0 Å². The smallest absolute Gasteiger partial charge is 0.320 e. The van der Waals surface area contributed by atoms with Crippen LogP contribution in [0.5, 0.6) is 0 Å². The number of nitrogens with zero attached hydrogens (tertiary/aromatic N) is 3. The number of hydrogen-bond donors (Lipinski definition) is 1. The van der Waals surface area contributed by atoms with Crippen molar-refractivity contribution < 1.29 is 23.9 Å². The van der Waals surface area contributed by atoms with Crippen molar-refractivity contribution in [2.24, 2.45) is 0 Å². The van der Waals surface area contributed by atoms with E-state index in [2.05, 4.69) is 15.1 Å². The fourth-order valence-corrected chi connectivity index (χ4v) is 4.70. The van der Waals surface area contributed by atoms with Crippen molar-refractivity contribution in [2.45, 2.75) is 58.3 Å². The number of esters is 1. The molecule has 3 aliphatic heterocycles. The van der Waals surface area contributed by atoms with Crippen LogP contribution in [0.2, 0.25) is 0 Å². The number of benzene rings is 1. The Bertz CT molecular complexity index is 962. The molecule has 3 aliphatic rings. The number of carbonyl (C=O) groups is 4. The molecule has 0 aromatic heterocycles. The van der Waals surface area contributed by atoms with Gasteiger partial charge in [0.1, 0.15) is 11.6 Å². The summed E-state index contributed by atoms with van der Waals surface area (Å²) in [7, 11) is 0. The van der Waals surface area contributed by atoms with Gasteiger partial charge in [-0.2, -0.15) is 0 Å². The summed E-state index contributed by atoms with van der Waals surface area (Å²) in [6, 6.07) is 5.13. The third kappa shape index (κ3) is 5.42. The van der Waals surface area contributed by atoms with Crippen molar-refractivity contribution >= 4 is 23.7 Å². The minimum atomic E-state index is -0.605. The van der Waals surface area contributed by atoms with Crippen LogP contribution < -0.4 is 5.32 Å². The van der Waals surface area contributed by atoms with Crippen molar-refractivity contribution in [3.63, 3.8) is 0 Å². The lowest BCUT2D eigenvalue weighted by Gasteiger charge is -2.35. The van der Waals surface area contributed by atoms with Gasteiger partial charge in [-0.05, 0) is 44.4 Å². The third-order valence-electron chi connectivity index (χ3n) is 6.31. The molecule has 0 saturated carbocycles. The molecule has 9 nitrogen and oxygen atoms in total. The molecular weight excluding hydrogens is 424 g/mol. The Morgan fingerprint density at radius 2 is 1.79 bits per heavy atom. The lowest BCUT2D eigenvalue weighted by atomic mass is 10.0. The fraction of sp³-hybridized carbons (Fsp3) is 0.583. The van der Waals surface area contributed by atoms with E-state index in [1.807, 2.05) is 39.0 Å². The van der Waals surface area contributed by atoms with Gasteiger partial charge in [0.2, 0.25) is 11.8 Å². The van der Waals surface area contributed by atoms with Crippen molar-refractivity contribution in [2.75, 3.05) is 32.7 Å². The van der Waals surface area contributed by atoms with Crippen LogP contribution in [0.15, 0.2) is 18.2 Å². The van der Waals surface area contributed by atoms with Gasteiger partial charge in [0.05, 0.1) is 6.54 Å². The maximum absolute atomic E-state index is 13.0. The van der Waals surface area contributed by atoms with Gasteiger partial charge in [0.15, 0.2) is 0 Å². The van der Waals surface area contributed by atoms with Gasteiger partial charge >= 0.3 is 5.97 Å². The predicted octanol–water partition coefficient (Wildman–Crippen LogP) is 0.907. The van der Waals surface area contributed by atoms with Gasteiger partial charge in [0.25, 0.3) is 5.91 Å². The Labute approximate surface area is 194 Å². The van der Waals surface area contributed by atoms with Gasteiger partial charge in [-0.25, -0.2) is 0 Å². The second-order valence-electron chi connectivity index (χ2n) is 9.98. The van der Waals surface area contributed by atoms with E-state index in [4.69, 9.17) is 4.74 Å². The molecule has 2 saturated heterocycles. The molecule has 3 amide bonds. The van der Waals surface area contributed by atoms with E-state index in [0.29, 0.717) is 31.6 Å². The molecular formula is C24H32N4O5. The fourth-order valence-electron chi connectivity index (χ4n) is 4.70. The van der Waals surface area contributed by atoms with Crippen molar-refractivity contribution in [1.29, 1.82) is 0 Å². The average molecular weight is 457 g/mol. The summed E-state index contributed by atoms with van der Waals surface area (Å²) in [5.41, 5.74) is 2.20. The van der Waals surface area contributed by atoms with Crippen LogP contribution in [0.3, 0.4) is 0 Å². The molecule has 0 spiro atoms. The topological polar surface area (TPSA) is 99.3 Å². The molecule has 1 unspecified atom stereocenters. The molecule has 0 aliphatic carbocycles. The van der Waals surface area contributed by atoms with E-state index in [-0.39, 0.29) is 24.2 Å². The summed E-state index contributed by atoms with van der Waals surface area (Å²) in [6.45, 7) is 10.2. The highest BCUT2D eigenvalue weighted by Crippen LogP contribution is 2.30. The number of amides is 3. The van der Waals surface area contributed by atoms with Gasteiger partial charge in [-0.15, -0.1) is 0 Å². The number of imide groups is 1. The summed E-state index contributed by atoms with van der Waals surface area (Å²) in [5, 5.41) is 2.35. The van der Waals surface area contributed by atoms with E-state index in [1.54, 1.807) is 4.90 Å². The van der Waals surface area contributed by atoms with Crippen LogP contribution in [-0.2, 0) is 32.2 Å². The number of carbonyl (C=O) groups excluding carboxylic acids is 4. The molecule has 1 aromatic rings. The first kappa shape index (κ1) is 23.4. The highest BCUT2D eigenvalue weighted by atomic mass is 16.6. The average Bonchev–Trinajstić information content (AvgIpc) is 3.06. The summed E-state index contributed by atoms with van der Waals surface area (Å²) in [6.07, 6.45) is 0.607. The first-order chi connectivity index (χ1) is 15.6. The Hall–Kier alpha value is -2.78. The molecule has 2 fully saturated rings. The van der Waals surface area contributed by atoms with E-state index in [0.717, 1.165) is 37.3 Å². The van der Waals surface area contributed by atoms with E-state index in [9.17, 15) is 19.2 Å². The Morgan fingerprint density at radius 1 is 1.09 bits per heavy atom. The van der Waals surface area contributed by atoms with Gasteiger partial charge in [-0.3, -0.25) is 34.3 Å². The van der Waals surface area contributed by atoms with Crippen LogP contribution in [0.25, 0.3) is 0 Å². The SMILES string of the molecule is CC(C)(C)OC(=O)CN1CCN(Cc2cccc3c2CN(C2CCC(=O)NC2=O)C3=O)CC1. The number of nitrogens with one attached hydrogen (secondary N) is 1. The predicted molar refractivity (Wildman–Crippen MR) is 120 cm³/mol. The molecule has 3 heterocycles. The molecule has 178 valence electrons. The van der Waals surface area contributed by atoms with Crippen LogP contribution in [0, 0.1) is 0 Å². The summed E-state index contributed by atoms with van der Waals surface area (Å²) >= 11 is 0. The standard InChI is InChI=1S/C24H32N4O5/c1-24(2,3)33-21(30)15-27-11-9-26(10-12-27)13-16-5-4-6-17-18(16)14-28(23(17)32)19-7-8-20(29)25-22(19)31/h4-6,19H,7-15H2,1-3H3,(H,25,29,31). The number of fused-ring (bicyclic) bond motifs is 1. The van der Waals surface area contributed by atoms with Gasteiger partial charge < -0.3 is 9.64 Å². The molecule has 1 atom stereocenters. The molecule has 9 heteroatoms. The molecule has 0 radical (unpaired) electrons. The zero-order valence-corrected chi connectivity index (χ0v) is 19.6. The summed E-state index contributed by atoms with van der Waals surface area (Å²) < 4.78 is 5.42. The second kappa shape index (κ2) is 9.23. The molecule has 4 rings (SSSR count). The van der Waals surface area contributed by atoms with Crippen LogP contribution >= 0.6 is 0 Å². The lowest BCUT2D eigenvalue weighted by Crippen LogP contribution is -2.52. The minimum absolute atomic E-state index is 0.150. The zero-order valence-electron chi connectivity index (χ0n) is 19.6. The number of ether oxygens (including phenoxy) is 1. The minimum Gasteiger partial charge on any atom is -0.459 e. The number of piperidine rings is 1. The Morgan fingerprint density at radius 3 is 2.45 bits per heavy atom. The molecule has 1 aromatic carbocycles.